The monoisotopic (exact) mass is 378 g/mol. The molecule has 9 heteroatoms. The molecule has 23 heavy (non-hydrogen) atoms. The number of rotatable bonds is 2. The molecule has 0 fully saturated rings. The number of alkyl halides is 2. The number of hydrogen-bond donors (Lipinski definition) is 1. The van der Waals surface area contributed by atoms with E-state index in [9.17, 15) is 18.7 Å². The number of hydrogen-bond acceptors (Lipinski definition) is 4. The van der Waals surface area contributed by atoms with E-state index in [1.807, 2.05) is 0 Å². The molecule has 0 radical (unpaired) electrons. The van der Waals surface area contributed by atoms with Crippen molar-refractivity contribution in [3.63, 3.8) is 0 Å². The number of amides is 1. The fourth-order valence-corrected chi connectivity index (χ4v) is 4.31. The van der Waals surface area contributed by atoms with E-state index in [4.69, 9.17) is 23.2 Å². The molecule has 1 aromatic carbocycles. The van der Waals surface area contributed by atoms with E-state index in [0.717, 1.165) is 11.3 Å². The Morgan fingerprint density at radius 2 is 2.17 bits per heavy atom. The molecule has 1 aliphatic rings. The van der Waals surface area contributed by atoms with Gasteiger partial charge in [0.05, 0.1) is 10.0 Å². The molecule has 0 spiro atoms. The zero-order valence-corrected chi connectivity index (χ0v) is 14.0. The summed E-state index contributed by atoms with van der Waals surface area (Å²) in [7, 11) is 0. The fraction of sp³-hybridized carbons (Fsp3) is 0.286. The van der Waals surface area contributed by atoms with Crippen molar-refractivity contribution in [2.45, 2.75) is 25.5 Å². The molecule has 1 N–H and O–H groups in total. The van der Waals surface area contributed by atoms with Crippen LogP contribution in [-0.4, -0.2) is 33.9 Å². The Labute approximate surface area is 143 Å². The molecule has 0 bridgehead atoms. The van der Waals surface area contributed by atoms with Crippen LogP contribution in [0.4, 0.5) is 8.78 Å². The van der Waals surface area contributed by atoms with E-state index < -0.39 is 24.5 Å². The zero-order chi connectivity index (χ0) is 16.9. The quantitative estimate of drug-likeness (QED) is 0.842. The number of benzene rings is 1. The Kier molecular flexibility index (Phi) is 4.08. The Hall–Kier alpha value is -1.28. The summed E-state index contributed by atoms with van der Waals surface area (Å²) < 4.78 is 27.1. The summed E-state index contributed by atoms with van der Waals surface area (Å²) in [4.78, 5) is 12.6. The second-order valence-corrected chi connectivity index (χ2v) is 7.00. The van der Waals surface area contributed by atoms with Crippen molar-refractivity contribution in [1.82, 2.24) is 5.01 Å². The summed E-state index contributed by atoms with van der Waals surface area (Å²) in [6, 6.07) is 5.02. The van der Waals surface area contributed by atoms with Crippen molar-refractivity contribution in [2.24, 2.45) is 5.10 Å². The fourth-order valence-electron chi connectivity index (χ4n) is 2.44. The van der Waals surface area contributed by atoms with E-state index >= 15 is 0 Å². The zero-order valence-electron chi connectivity index (χ0n) is 11.7. The van der Waals surface area contributed by atoms with Crippen LogP contribution in [0.25, 0.3) is 10.1 Å². The number of nitrogens with zero attached hydrogens (tertiary/aromatic N) is 2. The molecule has 122 valence electrons. The van der Waals surface area contributed by atoms with Crippen LogP contribution in [0.3, 0.4) is 0 Å². The van der Waals surface area contributed by atoms with Crippen molar-refractivity contribution < 1.29 is 18.7 Å². The minimum absolute atomic E-state index is 0.00675. The summed E-state index contributed by atoms with van der Waals surface area (Å²) in [6.07, 6.45) is -3.58. The minimum atomic E-state index is -3.16. The number of carbonyl (C=O) groups is 1. The van der Waals surface area contributed by atoms with Crippen molar-refractivity contribution in [1.29, 1.82) is 0 Å². The third kappa shape index (κ3) is 2.52. The third-order valence-electron chi connectivity index (χ3n) is 3.50. The lowest BCUT2D eigenvalue weighted by atomic mass is 10.1. The van der Waals surface area contributed by atoms with Gasteiger partial charge in [0.25, 0.3) is 12.3 Å². The molecule has 2 aromatic rings. The second kappa shape index (κ2) is 5.66. The number of aliphatic hydroxyl groups is 1. The average molecular weight is 379 g/mol. The van der Waals surface area contributed by atoms with E-state index in [1.54, 1.807) is 18.2 Å². The van der Waals surface area contributed by atoms with Crippen LogP contribution in [-0.2, 0) is 0 Å². The summed E-state index contributed by atoms with van der Waals surface area (Å²) in [5.41, 5.74) is -2.43. The molecule has 3 rings (SSSR count). The molecular formula is C14H10Cl2F2N2O2S. The van der Waals surface area contributed by atoms with Gasteiger partial charge in [-0.2, -0.15) is 10.1 Å². The van der Waals surface area contributed by atoms with E-state index in [1.165, 1.54) is 6.92 Å². The largest absolute Gasteiger partial charge is 0.364 e. The number of halogens is 4. The van der Waals surface area contributed by atoms with Crippen LogP contribution in [0.1, 0.15) is 23.0 Å². The molecule has 0 aliphatic carbocycles. The molecule has 1 amide bonds. The first-order valence-corrected chi connectivity index (χ1v) is 8.08. The maximum atomic E-state index is 13.2. The number of thiophene rings is 1. The van der Waals surface area contributed by atoms with Crippen molar-refractivity contribution in [2.75, 3.05) is 0 Å². The van der Waals surface area contributed by atoms with Gasteiger partial charge in [-0.25, -0.2) is 8.78 Å². The highest BCUT2D eigenvalue weighted by molar-refractivity contribution is 7.21. The molecule has 0 saturated heterocycles. The van der Waals surface area contributed by atoms with Gasteiger partial charge >= 0.3 is 0 Å². The normalized spacial score (nSPS) is 21.3. The minimum Gasteiger partial charge on any atom is -0.364 e. The van der Waals surface area contributed by atoms with Crippen molar-refractivity contribution in [3.05, 3.63) is 33.1 Å². The van der Waals surface area contributed by atoms with E-state index in [2.05, 4.69) is 5.10 Å². The van der Waals surface area contributed by atoms with E-state index in [-0.39, 0.29) is 15.6 Å². The standard InChI is InChI=1S/C14H10Cl2F2N2O2S/c1-6-5-14(22,13(17)18)20(19-6)12(21)11-10(16)9-7(15)3-2-4-8(9)23-11/h2-4,13,22H,5H2,1H3/t14-/m1/s1. The van der Waals surface area contributed by atoms with Crippen LogP contribution < -0.4 is 0 Å². The summed E-state index contributed by atoms with van der Waals surface area (Å²) in [5.74, 6) is -0.882. The van der Waals surface area contributed by atoms with Gasteiger partial charge in [-0.15, -0.1) is 11.3 Å². The highest BCUT2D eigenvalue weighted by Crippen LogP contribution is 2.42. The van der Waals surface area contributed by atoms with Gasteiger partial charge in [0.15, 0.2) is 0 Å². The maximum absolute atomic E-state index is 13.2. The molecular weight excluding hydrogens is 369 g/mol. The van der Waals surface area contributed by atoms with Gasteiger partial charge in [0.1, 0.15) is 4.88 Å². The Morgan fingerprint density at radius 1 is 1.48 bits per heavy atom. The van der Waals surface area contributed by atoms with Crippen LogP contribution >= 0.6 is 34.5 Å². The lowest BCUT2D eigenvalue weighted by Crippen LogP contribution is -2.51. The Morgan fingerprint density at radius 3 is 2.78 bits per heavy atom. The van der Waals surface area contributed by atoms with Crippen LogP contribution in [0.5, 0.6) is 0 Å². The first-order chi connectivity index (χ1) is 10.8. The molecule has 4 nitrogen and oxygen atoms in total. The first kappa shape index (κ1) is 16.6. The van der Waals surface area contributed by atoms with Gasteiger partial charge < -0.3 is 5.11 Å². The molecule has 1 aliphatic heterocycles. The van der Waals surface area contributed by atoms with Gasteiger partial charge in [-0.3, -0.25) is 4.79 Å². The number of carbonyl (C=O) groups excluding carboxylic acids is 1. The smallest absolute Gasteiger partial charge is 0.288 e. The first-order valence-electron chi connectivity index (χ1n) is 6.51. The highest BCUT2D eigenvalue weighted by Gasteiger charge is 2.51. The summed E-state index contributed by atoms with van der Waals surface area (Å²) in [5, 5.41) is 15.2. The number of fused-ring (bicyclic) bond motifs is 1. The Balaban J connectivity index is 2.10. The molecule has 1 aromatic heterocycles. The van der Waals surface area contributed by atoms with Gasteiger partial charge in [0, 0.05) is 22.2 Å². The SMILES string of the molecule is CC1=NN(C(=O)c2sc3cccc(Cl)c3c2Cl)[C@](O)(C(F)F)C1. The van der Waals surface area contributed by atoms with Crippen LogP contribution in [0.15, 0.2) is 23.3 Å². The van der Waals surface area contributed by atoms with E-state index in [0.29, 0.717) is 20.1 Å². The average Bonchev–Trinajstić information content (AvgIpc) is 2.97. The topological polar surface area (TPSA) is 52.9 Å². The van der Waals surface area contributed by atoms with Gasteiger partial charge in [-0.1, -0.05) is 29.3 Å². The van der Waals surface area contributed by atoms with Gasteiger partial charge in [-0.05, 0) is 19.1 Å². The summed E-state index contributed by atoms with van der Waals surface area (Å²) in [6.45, 7) is 1.46. The molecule has 1 atom stereocenters. The maximum Gasteiger partial charge on any atom is 0.288 e. The predicted octanol–water partition coefficient (Wildman–Crippen LogP) is 4.38. The van der Waals surface area contributed by atoms with Crippen molar-refractivity contribution in [3.8, 4) is 0 Å². The second-order valence-electron chi connectivity index (χ2n) is 5.17. The molecule has 0 saturated carbocycles. The lowest BCUT2D eigenvalue weighted by Gasteiger charge is -2.29. The van der Waals surface area contributed by atoms with Crippen LogP contribution in [0.2, 0.25) is 10.0 Å². The summed E-state index contributed by atoms with van der Waals surface area (Å²) >= 11 is 13.3. The predicted molar refractivity (Wildman–Crippen MR) is 86.7 cm³/mol. The lowest BCUT2D eigenvalue weighted by molar-refractivity contribution is -0.164. The van der Waals surface area contributed by atoms with Gasteiger partial charge in [0.2, 0.25) is 5.72 Å². The van der Waals surface area contributed by atoms with Crippen LogP contribution in [0, 0.1) is 0 Å². The Bertz CT molecular complexity index is 840. The van der Waals surface area contributed by atoms with Crippen molar-refractivity contribution >= 4 is 56.2 Å². The molecule has 2 heterocycles. The third-order valence-corrected chi connectivity index (χ3v) is 5.44. The number of hydrazone groups is 1. The highest BCUT2D eigenvalue weighted by atomic mass is 35.5. The molecule has 0 unspecified atom stereocenters.